The van der Waals surface area contributed by atoms with Crippen LogP contribution in [0.4, 0.5) is 0 Å². The van der Waals surface area contributed by atoms with E-state index in [1.165, 1.54) is 0 Å². The Hall–Kier alpha value is -1.42. The summed E-state index contributed by atoms with van der Waals surface area (Å²) in [4.78, 5) is 4.28. The molecule has 2 N–H and O–H groups in total. The number of aryl methyl sites for hydroxylation is 1. The van der Waals surface area contributed by atoms with Crippen molar-refractivity contribution in [2.75, 3.05) is 6.54 Å². The number of hydrogen-bond donors (Lipinski definition) is 1. The molecule has 0 aliphatic carbocycles. The molecule has 0 amide bonds. The molecule has 13 heavy (non-hydrogen) atoms. The van der Waals surface area contributed by atoms with Gasteiger partial charge in [-0.2, -0.15) is 5.10 Å². The maximum absolute atomic E-state index is 5.48. The van der Waals surface area contributed by atoms with Crippen molar-refractivity contribution >= 4 is 11.0 Å². The van der Waals surface area contributed by atoms with Crippen molar-refractivity contribution in [3.63, 3.8) is 0 Å². The molecule has 0 fully saturated rings. The topological polar surface area (TPSA) is 56.7 Å². The second-order valence-corrected chi connectivity index (χ2v) is 2.98. The largest absolute Gasteiger partial charge is 0.330 e. The highest BCUT2D eigenvalue weighted by Gasteiger charge is 2.07. The van der Waals surface area contributed by atoms with E-state index in [1.54, 1.807) is 6.20 Å². The Kier molecular flexibility index (Phi) is 1.98. The monoisotopic (exact) mass is 176 g/mol. The van der Waals surface area contributed by atoms with E-state index in [1.807, 2.05) is 23.9 Å². The minimum absolute atomic E-state index is 0.614. The first kappa shape index (κ1) is 8.19. The van der Waals surface area contributed by atoms with Gasteiger partial charge in [-0.3, -0.25) is 9.67 Å². The van der Waals surface area contributed by atoms with Gasteiger partial charge in [0.05, 0.1) is 11.2 Å². The summed E-state index contributed by atoms with van der Waals surface area (Å²) in [6, 6.07) is 3.92. The van der Waals surface area contributed by atoms with E-state index in [4.69, 9.17) is 5.73 Å². The number of aromatic nitrogens is 3. The molecule has 2 aromatic heterocycles. The zero-order valence-corrected chi connectivity index (χ0v) is 7.57. The van der Waals surface area contributed by atoms with Crippen LogP contribution in [0.5, 0.6) is 0 Å². The van der Waals surface area contributed by atoms with E-state index in [2.05, 4.69) is 10.1 Å². The Morgan fingerprint density at radius 1 is 1.54 bits per heavy atom. The van der Waals surface area contributed by atoms with Crippen LogP contribution in [0.3, 0.4) is 0 Å². The summed E-state index contributed by atoms with van der Waals surface area (Å²) in [5.74, 6) is 0. The zero-order chi connectivity index (χ0) is 9.26. The average molecular weight is 176 g/mol. The average Bonchev–Trinajstić information content (AvgIpc) is 2.46. The van der Waals surface area contributed by atoms with E-state index < -0.39 is 0 Å². The van der Waals surface area contributed by atoms with Crippen molar-refractivity contribution in [1.29, 1.82) is 0 Å². The highest BCUT2D eigenvalue weighted by atomic mass is 15.3. The molecule has 0 aliphatic rings. The molecule has 0 aromatic carbocycles. The van der Waals surface area contributed by atoms with Gasteiger partial charge >= 0.3 is 0 Å². The van der Waals surface area contributed by atoms with Crippen LogP contribution in [0.1, 0.15) is 5.69 Å². The molecule has 0 spiro atoms. The van der Waals surface area contributed by atoms with Crippen LogP contribution >= 0.6 is 0 Å². The molecule has 0 saturated heterocycles. The first-order valence-corrected chi connectivity index (χ1v) is 4.29. The number of fused-ring (bicyclic) bond motifs is 1. The van der Waals surface area contributed by atoms with Crippen molar-refractivity contribution in [2.24, 2.45) is 12.8 Å². The molecule has 4 heteroatoms. The summed E-state index contributed by atoms with van der Waals surface area (Å²) in [5, 5.41) is 4.35. The quantitative estimate of drug-likeness (QED) is 0.723. The molecule has 0 saturated carbocycles. The van der Waals surface area contributed by atoms with Gasteiger partial charge in [0.2, 0.25) is 0 Å². The number of nitrogens with zero attached hydrogens (tertiary/aromatic N) is 3. The number of hydrogen-bond acceptors (Lipinski definition) is 3. The molecule has 0 atom stereocenters. The van der Waals surface area contributed by atoms with Crippen molar-refractivity contribution in [3.05, 3.63) is 24.0 Å². The lowest BCUT2D eigenvalue weighted by Crippen LogP contribution is -2.04. The minimum atomic E-state index is 0.614. The van der Waals surface area contributed by atoms with Crippen LogP contribution < -0.4 is 5.73 Å². The van der Waals surface area contributed by atoms with Crippen molar-refractivity contribution in [3.8, 4) is 0 Å². The SMILES string of the molecule is Cn1nc(CCN)c2ncccc21. The smallest absolute Gasteiger partial charge is 0.111 e. The van der Waals surface area contributed by atoms with Gasteiger partial charge in [0.1, 0.15) is 5.52 Å². The molecule has 0 aliphatic heterocycles. The summed E-state index contributed by atoms with van der Waals surface area (Å²) in [5.41, 5.74) is 8.50. The molecule has 0 bridgehead atoms. The Labute approximate surface area is 76.4 Å². The molecule has 2 aromatic rings. The Balaban J connectivity index is 2.63. The van der Waals surface area contributed by atoms with E-state index in [-0.39, 0.29) is 0 Å². The van der Waals surface area contributed by atoms with Gasteiger partial charge in [0.15, 0.2) is 0 Å². The van der Waals surface area contributed by atoms with Crippen molar-refractivity contribution in [2.45, 2.75) is 6.42 Å². The van der Waals surface area contributed by atoms with Crippen LogP contribution in [0.15, 0.2) is 18.3 Å². The second-order valence-electron chi connectivity index (χ2n) is 2.98. The van der Waals surface area contributed by atoms with Crippen LogP contribution in [0, 0.1) is 0 Å². The summed E-state index contributed by atoms with van der Waals surface area (Å²) in [6.45, 7) is 0.614. The van der Waals surface area contributed by atoms with Crippen molar-refractivity contribution in [1.82, 2.24) is 14.8 Å². The molecule has 0 unspecified atom stereocenters. The second kappa shape index (κ2) is 3.14. The van der Waals surface area contributed by atoms with Gasteiger partial charge in [-0.25, -0.2) is 0 Å². The number of rotatable bonds is 2. The molecule has 4 nitrogen and oxygen atoms in total. The van der Waals surface area contributed by atoms with Gasteiger partial charge in [-0.15, -0.1) is 0 Å². The predicted molar refractivity (Wildman–Crippen MR) is 51.3 cm³/mol. The van der Waals surface area contributed by atoms with Crippen LogP contribution in [-0.4, -0.2) is 21.3 Å². The number of pyridine rings is 1. The predicted octanol–water partition coefficient (Wildman–Crippen LogP) is 0.469. The first-order chi connectivity index (χ1) is 6.33. The van der Waals surface area contributed by atoms with Crippen LogP contribution in [0.2, 0.25) is 0 Å². The van der Waals surface area contributed by atoms with Gasteiger partial charge in [0.25, 0.3) is 0 Å². The first-order valence-electron chi connectivity index (χ1n) is 4.29. The fraction of sp³-hybridized carbons (Fsp3) is 0.333. The fourth-order valence-electron chi connectivity index (χ4n) is 1.47. The summed E-state index contributed by atoms with van der Waals surface area (Å²) >= 11 is 0. The lowest BCUT2D eigenvalue weighted by molar-refractivity contribution is 0.760. The fourth-order valence-corrected chi connectivity index (χ4v) is 1.47. The Bertz CT molecular complexity index is 418. The maximum atomic E-state index is 5.48. The Morgan fingerprint density at radius 3 is 3.15 bits per heavy atom. The van der Waals surface area contributed by atoms with E-state index in [9.17, 15) is 0 Å². The summed E-state index contributed by atoms with van der Waals surface area (Å²) < 4.78 is 1.84. The van der Waals surface area contributed by atoms with Crippen LogP contribution in [-0.2, 0) is 13.5 Å². The maximum Gasteiger partial charge on any atom is 0.111 e. The van der Waals surface area contributed by atoms with E-state index in [0.717, 1.165) is 23.1 Å². The third kappa shape index (κ3) is 1.29. The zero-order valence-electron chi connectivity index (χ0n) is 7.57. The third-order valence-corrected chi connectivity index (χ3v) is 2.06. The van der Waals surface area contributed by atoms with E-state index >= 15 is 0 Å². The molecule has 2 rings (SSSR count). The number of nitrogens with two attached hydrogens (primary N) is 1. The molecular formula is C9H12N4. The minimum Gasteiger partial charge on any atom is -0.330 e. The molecule has 2 heterocycles. The van der Waals surface area contributed by atoms with Crippen LogP contribution in [0.25, 0.3) is 11.0 Å². The van der Waals surface area contributed by atoms with Gasteiger partial charge in [0, 0.05) is 19.7 Å². The van der Waals surface area contributed by atoms with Gasteiger partial charge in [-0.05, 0) is 18.7 Å². The standard InChI is InChI=1S/C9H12N4/c1-13-8-3-2-6-11-9(8)7(12-13)4-5-10/h2-3,6H,4-5,10H2,1H3. The lowest BCUT2D eigenvalue weighted by atomic mass is 10.2. The molecule has 0 radical (unpaired) electrons. The lowest BCUT2D eigenvalue weighted by Gasteiger charge is -1.90. The summed E-state index contributed by atoms with van der Waals surface area (Å²) in [7, 11) is 1.92. The summed E-state index contributed by atoms with van der Waals surface area (Å²) in [6.07, 6.45) is 2.57. The normalized spacial score (nSPS) is 10.9. The van der Waals surface area contributed by atoms with E-state index in [0.29, 0.717) is 6.54 Å². The highest BCUT2D eigenvalue weighted by Crippen LogP contribution is 2.14. The van der Waals surface area contributed by atoms with Crippen molar-refractivity contribution < 1.29 is 0 Å². The molecular weight excluding hydrogens is 164 g/mol. The third-order valence-electron chi connectivity index (χ3n) is 2.06. The van der Waals surface area contributed by atoms with Gasteiger partial charge in [-0.1, -0.05) is 0 Å². The van der Waals surface area contributed by atoms with Gasteiger partial charge < -0.3 is 5.73 Å². The molecule has 68 valence electrons. The highest BCUT2D eigenvalue weighted by molar-refractivity contribution is 5.77. The Morgan fingerprint density at radius 2 is 2.38 bits per heavy atom.